The van der Waals surface area contributed by atoms with Gasteiger partial charge in [-0.05, 0) is 43.4 Å². The van der Waals surface area contributed by atoms with Gasteiger partial charge >= 0.3 is 5.97 Å². The average Bonchev–Trinajstić information content (AvgIpc) is 3.02. The molecule has 0 aliphatic rings. The summed E-state index contributed by atoms with van der Waals surface area (Å²) < 4.78 is 5.19. The van der Waals surface area contributed by atoms with Gasteiger partial charge in [-0.25, -0.2) is 9.78 Å². The molecule has 2 aromatic heterocycles. The Balaban J connectivity index is 1.71. The van der Waals surface area contributed by atoms with Crippen LogP contribution in [0.25, 0.3) is 10.2 Å². The lowest BCUT2D eigenvalue weighted by atomic mass is 9.97. The highest BCUT2D eigenvalue weighted by molar-refractivity contribution is 7.20. The van der Waals surface area contributed by atoms with Gasteiger partial charge in [0.1, 0.15) is 15.5 Å². The third-order valence-corrected chi connectivity index (χ3v) is 5.98. The van der Waals surface area contributed by atoms with Gasteiger partial charge in [-0.3, -0.25) is 9.59 Å². The van der Waals surface area contributed by atoms with E-state index in [9.17, 15) is 14.4 Å². The number of aromatic amines is 1. The molecule has 7 nitrogen and oxygen atoms in total. The summed E-state index contributed by atoms with van der Waals surface area (Å²) in [5, 5.41) is 3.18. The maximum atomic E-state index is 12.5. The molecule has 1 atom stereocenters. The molecule has 0 aliphatic heterocycles. The van der Waals surface area contributed by atoms with Gasteiger partial charge in [0, 0.05) is 5.69 Å². The number of benzene rings is 1. The lowest BCUT2D eigenvalue weighted by Gasteiger charge is -2.15. The third-order valence-electron chi connectivity index (χ3n) is 4.82. The van der Waals surface area contributed by atoms with Gasteiger partial charge in [0.05, 0.1) is 5.39 Å². The molecule has 0 aliphatic carbocycles. The van der Waals surface area contributed by atoms with Crippen molar-refractivity contribution < 1.29 is 14.3 Å². The second-order valence-corrected chi connectivity index (χ2v) is 7.91. The van der Waals surface area contributed by atoms with Crippen LogP contribution in [0.1, 0.15) is 52.8 Å². The number of carbonyl (C=O) groups is 2. The van der Waals surface area contributed by atoms with E-state index in [0.717, 1.165) is 23.3 Å². The average molecular weight is 413 g/mol. The number of thiophene rings is 1. The minimum Gasteiger partial charge on any atom is -0.451 e. The Kier molecular flexibility index (Phi) is 6.12. The molecule has 0 unspecified atom stereocenters. The van der Waals surface area contributed by atoms with Crippen LogP contribution >= 0.6 is 11.3 Å². The molecule has 2 N–H and O–H groups in total. The Morgan fingerprint density at radius 2 is 2.00 bits per heavy atom. The lowest BCUT2D eigenvalue weighted by molar-refractivity contribution is -0.119. The Morgan fingerprint density at radius 1 is 1.28 bits per heavy atom. The first-order valence-electron chi connectivity index (χ1n) is 9.37. The fraction of sp³-hybridized carbons (Fsp3) is 0.333. The van der Waals surface area contributed by atoms with E-state index in [4.69, 9.17) is 4.74 Å². The van der Waals surface area contributed by atoms with Crippen molar-refractivity contribution in [1.82, 2.24) is 9.97 Å². The molecule has 1 amide bonds. The van der Waals surface area contributed by atoms with Crippen LogP contribution in [0.3, 0.4) is 0 Å². The number of aryl methyl sites for hydroxylation is 2. The Bertz CT molecular complexity index is 1130. The quantitative estimate of drug-likeness (QED) is 0.597. The number of fused-ring (bicyclic) bond motifs is 1. The van der Waals surface area contributed by atoms with Crippen molar-refractivity contribution in [1.29, 1.82) is 0 Å². The molecule has 152 valence electrons. The summed E-state index contributed by atoms with van der Waals surface area (Å²) >= 11 is 1.09. The number of aromatic nitrogens is 2. The summed E-state index contributed by atoms with van der Waals surface area (Å²) in [4.78, 5) is 44.6. The van der Waals surface area contributed by atoms with Crippen molar-refractivity contribution >= 4 is 39.1 Å². The lowest BCUT2D eigenvalue weighted by Crippen LogP contribution is -2.21. The topological polar surface area (TPSA) is 101 Å². The van der Waals surface area contributed by atoms with E-state index < -0.39 is 18.5 Å². The van der Waals surface area contributed by atoms with E-state index in [1.54, 1.807) is 13.8 Å². The summed E-state index contributed by atoms with van der Waals surface area (Å²) in [6.07, 6.45) is 0.944. The number of hydrogen-bond acceptors (Lipinski definition) is 6. The maximum absolute atomic E-state index is 12.5. The second-order valence-electron chi connectivity index (χ2n) is 6.91. The molecule has 0 fully saturated rings. The number of nitrogens with one attached hydrogen (secondary N) is 2. The molecule has 3 aromatic rings. The third kappa shape index (κ3) is 4.37. The van der Waals surface area contributed by atoms with Gasteiger partial charge in [-0.2, -0.15) is 0 Å². The minimum absolute atomic E-state index is 0.274. The van der Waals surface area contributed by atoms with E-state index >= 15 is 0 Å². The van der Waals surface area contributed by atoms with E-state index in [2.05, 4.69) is 29.1 Å². The Hall–Kier alpha value is -3.00. The largest absolute Gasteiger partial charge is 0.451 e. The molecule has 3 rings (SSSR count). The number of esters is 1. The van der Waals surface area contributed by atoms with Crippen LogP contribution in [0.15, 0.2) is 29.1 Å². The number of hydrogen-bond donors (Lipinski definition) is 2. The van der Waals surface area contributed by atoms with Crippen molar-refractivity contribution in [3.05, 3.63) is 56.4 Å². The normalized spacial score (nSPS) is 12.0. The number of carbonyl (C=O) groups excluding carboxylic acids is 2. The summed E-state index contributed by atoms with van der Waals surface area (Å²) in [6, 6.07) is 7.58. The number of H-pyrrole nitrogens is 1. The predicted octanol–water partition coefficient (Wildman–Crippen LogP) is 3.91. The standard InChI is InChI=1S/C21H23N3O4S/c1-5-11(2)14-8-6-7-9-15(14)24-16(25)10-28-21(27)18-12(3)17-19(26)22-13(4)23-20(17)29-18/h6-9,11H,5,10H2,1-4H3,(H,24,25)(H,22,23,26)/t11-/m0/s1. The first-order valence-corrected chi connectivity index (χ1v) is 10.2. The molecule has 0 saturated heterocycles. The summed E-state index contributed by atoms with van der Waals surface area (Å²) in [5.41, 5.74) is 1.97. The van der Waals surface area contributed by atoms with Crippen LogP contribution in [0.2, 0.25) is 0 Å². The van der Waals surface area contributed by atoms with Crippen LogP contribution in [0, 0.1) is 13.8 Å². The van der Waals surface area contributed by atoms with E-state index in [-0.39, 0.29) is 10.4 Å². The summed E-state index contributed by atoms with van der Waals surface area (Å²) in [6.45, 7) is 7.11. The zero-order valence-corrected chi connectivity index (χ0v) is 17.6. The molecular weight excluding hydrogens is 390 g/mol. The van der Waals surface area contributed by atoms with Gasteiger partial charge in [0.2, 0.25) is 0 Å². The fourth-order valence-corrected chi connectivity index (χ4v) is 4.21. The SMILES string of the molecule is CC[C@H](C)c1ccccc1NC(=O)COC(=O)c1sc2nc(C)[nH]c(=O)c2c1C. The molecule has 8 heteroatoms. The minimum atomic E-state index is -0.645. The number of nitrogens with zero attached hydrogens (tertiary/aromatic N) is 1. The van der Waals surface area contributed by atoms with E-state index in [1.807, 2.05) is 24.3 Å². The van der Waals surface area contributed by atoms with E-state index in [0.29, 0.717) is 33.2 Å². The fourth-order valence-electron chi connectivity index (χ4n) is 3.09. The zero-order chi connectivity index (χ0) is 21.1. The highest BCUT2D eigenvalue weighted by atomic mass is 32.1. The molecule has 0 bridgehead atoms. The van der Waals surface area contributed by atoms with E-state index in [1.165, 1.54) is 0 Å². The van der Waals surface area contributed by atoms with Crippen LogP contribution in [-0.4, -0.2) is 28.5 Å². The monoisotopic (exact) mass is 413 g/mol. The van der Waals surface area contributed by atoms with Crippen LogP contribution in [0.5, 0.6) is 0 Å². The van der Waals surface area contributed by atoms with Crippen molar-refractivity contribution in [2.24, 2.45) is 0 Å². The summed E-state index contributed by atoms with van der Waals surface area (Å²) in [5.74, 6) is -0.292. The zero-order valence-electron chi connectivity index (χ0n) is 16.8. The summed E-state index contributed by atoms with van der Waals surface area (Å²) in [7, 11) is 0. The molecule has 0 saturated carbocycles. The number of ether oxygens (including phenoxy) is 1. The maximum Gasteiger partial charge on any atom is 0.349 e. The molecular formula is C21H23N3O4S. The van der Waals surface area contributed by atoms with Crippen LogP contribution in [0.4, 0.5) is 5.69 Å². The second kappa shape index (κ2) is 8.57. The van der Waals surface area contributed by atoms with Crippen molar-refractivity contribution in [3.63, 3.8) is 0 Å². The number of anilines is 1. The number of amides is 1. The van der Waals surface area contributed by atoms with Gasteiger partial charge in [0.15, 0.2) is 6.61 Å². The smallest absolute Gasteiger partial charge is 0.349 e. The molecule has 0 spiro atoms. The van der Waals surface area contributed by atoms with Gasteiger partial charge in [0.25, 0.3) is 11.5 Å². The van der Waals surface area contributed by atoms with Crippen molar-refractivity contribution in [2.45, 2.75) is 40.0 Å². The number of rotatable bonds is 6. The molecule has 0 radical (unpaired) electrons. The first-order chi connectivity index (χ1) is 13.8. The first kappa shape index (κ1) is 20.7. The van der Waals surface area contributed by atoms with Crippen LogP contribution < -0.4 is 10.9 Å². The molecule has 29 heavy (non-hydrogen) atoms. The van der Waals surface area contributed by atoms with Gasteiger partial charge in [-0.1, -0.05) is 32.0 Å². The van der Waals surface area contributed by atoms with Crippen molar-refractivity contribution in [3.8, 4) is 0 Å². The highest BCUT2D eigenvalue weighted by Gasteiger charge is 2.21. The number of para-hydroxylation sites is 1. The van der Waals surface area contributed by atoms with Gasteiger partial charge < -0.3 is 15.0 Å². The van der Waals surface area contributed by atoms with Gasteiger partial charge in [-0.15, -0.1) is 11.3 Å². The predicted molar refractivity (Wildman–Crippen MR) is 114 cm³/mol. The van der Waals surface area contributed by atoms with Crippen LogP contribution in [-0.2, 0) is 9.53 Å². The highest BCUT2D eigenvalue weighted by Crippen LogP contribution is 2.28. The van der Waals surface area contributed by atoms with Crippen molar-refractivity contribution in [2.75, 3.05) is 11.9 Å². The molecule has 2 heterocycles. The Morgan fingerprint density at radius 3 is 2.72 bits per heavy atom. The Labute approximate surface area is 172 Å². The molecule has 1 aromatic carbocycles.